The van der Waals surface area contributed by atoms with E-state index in [9.17, 15) is 4.39 Å². The Morgan fingerprint density at radius 3 is 2.52 bits per heavy atom. The maximum Gasteiger partial charge on any atom is 0.137 e. The van der Waals surface area contributed by atoms with Crippen molar-refractivity contribution in [3.05, 3.63) is 65.7 Å². The van der Waals surface area contributed by atoms with Gasteiger partial charge < -0.3 is 5.32 Å². The molecule has 0 atom stereocenters. The zero-order chi connectivity index (χ0) is 17.6. The highest BCUT2D eigenvalue weighted by atomic mass is 19.1. The van der Waals surface area contributed by atoms with Gasteiger partial charge in [0.05, 0.1) is 5.52 Å². The Kier molecular flexibility index (Phi) is 5.56. The fourth-order valence-electron chi connectivity index (χ4n) is 2.92. The van der Waals surface area contributed by atoms with Gasteiger partial charge in [-0.2, -0.15) is 0 Å². The van der Waals surface area contributed by atoms with E-state index in [2.05, 4.69) is 52.2 Å². The summed E-state index contributed by atoms with van der Waals surface area (Å²) in [6.07, 6.45) is 1.50. The van der Waals surface area contributed by atoms with Gasteiger partial charge in [0, 0.05) is 18.5 Å². The van der Waals surface area contributed by atoms with Gasteiger partial charge in [-0.15, -0.1) is 0 Å². The molecular formula is C20H23FN4. The molecule has 4 nitrogen and oxygen atoms in total. The molecule has 0 saturated carbocycles. The van der Waals surface area contributed by atoms with Gasteiger partial charge in [0.25, 0.3) is 0 Å². The molecule has 5 heteroatoms. The number of anilines is 1. The summed E-state index contributed by atoms with van der Waals surface area (Å²) in [5.41, 5.74) is 3.25. The topological polar surface area (TPSA) is 41.0 Å². The van der Waals surface area contributed by atoms with E-state index in [1.807, 2.05) is 6.07 Å². The summed E-state index contributed by atoms with van der Waals surface area (Å²) >= 11 is 0. The first-order chi connectivity index (χ1) is 12.2. The van der Waals surface area contributed by atoms with E-state index in [0.717, 1.165) is 25.2 Å². The van der Waals surface area contributed by atoms with Crippen molar-refractivity contribution in [1.29, 1.82) is 0 Å². The van der Waals surface area contributed by atoms with Gasteiger partial charge in [0.2, 0.25) is 0 Å². The summed E-state index contributed by atoms with van der Waals surface area (Å²) in [4.78, 5) is 10.9. The molecule has 0 spiro atoms. The molecule has 0 fully saturated rings. The van der Waals surface area contributed by atoms with Crippen LogP contribution in [0, 0.1) is 5.82 Å². The van der Waals surface area contributed by atoms with Crippen LogP contribution in [0.2, 0.25) is 0 Å². The molecule has 3 aromatic rings. The minimum Gasteiger partial charge on any atom is -0.365 e. The second-order valence-electron chi connectivity index (χ2n) is 5.97. The van der Waals surface area contributed by atoms with Gasteiger partial charge in [-0.3, -0.25) is 4.90 Å². The first-order valence-corrected chi connectivity index (χ1v) is 8.64. The minimum absolute atomic E-state index is 0.285. The number of nitrogens with zero attached hydrogens (tertiary/aromatic N) is 3. The van der Waals surface area contributed by atoms with E-state index in [4.69, 9.17) is 0 Å². The van der Waals surface area contributed by atoms with Crippen molar-refractivity contribution in [3.63, 3.8) is 0 Å². The number of hydrogen-bond donors (Lipinski definition) is 1. The van der Waals surface area contributed by atoms with Gasteiger partial charge in [-0.1, -0.05) is 38.1 Å². The number of aromatic nitrogens is 2. The van der Waals surface area contributed by atoms with E-state index in [1.54, 1.807) is 6.07 Å². The van der Waals surface area contributed by atoms with Crippen LogP contribution in [0.3, 0.4) is 0 Å². The Morgan fingerprint density at radius 2 is 1.76 bits per heavy atom. The first-order valence-electron chi connectivity index (χ1n) is 8.64. The summed E-state index contributed by atoms with van der Waals surface area (Å²) < 4.78 is 13.6. The normalized spacial score (nSPS) is 11.2. The first kappa shape index (κ1) is 17.3. The molecule has 1 N–H and O–H groups in total. The molecule has 0 radical (unpaired) electrons. The van der Waals surface area contributed by atoms with Crippen molar-refractivity contribution in [1.82, 2.24) is 14.9 Å². The lowest BCUT2D eigenvalue weighted by molar-refractivity contribution is 0.295. The highest BCUT2D eigenvalue weighted by Crippen LogP contribution is 2.21. The van der Waals surface area contributed by atoms with E-state index in [-0.39, 0.29) is 5.82 Å². The van der Waals surface area contributed by atoms with Crippen LogP contribution in [0.25, 0.3) is 10.9 Å². The summed E-state index contributed by atoms with van der Waals surface area (Å²) in [6, 6.07) is 12.9. The number of fused-ring (bicyclic) bond motifs is 1. The fourth-order valence-corrected chi connectivity index (χ4v) is 2.92. The number of halogens is 1. The second kappa shape index (κ2) is 8.03. The second-order valence-corrected chi connectivity index (χ2v) is 5.97. The van der Waals surface area contributed by atoms with Crippen LogP contribution < -0.4 is 5.32 Å². The molecule has 0 unspecified atom stereocenters. The van der Waals surface area contributed by atoms with E-state index in [1.165, 1.54) is 29.6 Å². The summed E-state index contributed by atoms with van der Waals surface area (Å²) in [5, 5.41) is 4.04. The molecule has 0 saturated heterocycles. The molecule has 0 aliphatic rings. The molecule has 25 heavy (non-hydrogen) atoms. The van der Waals surface area contributed by atoms with Crippen molar-refractivity contribution in [2.45, 2.75) is 26.9 Å². The highest BCUT2D eigenvalue weighted by molar-refractivity contribution is 5.88. The van der Waals surface area contributed by atoms with Crippen LogP contribution in [0.5, 0.6) is 0 Å². The Hall–Kier alpha value is -2.53. The Morgan fingerprint density at radius 1 is 1.00 bits per heavy atom. The van der Waals surface area contributed by atoms with Crippen LogP contribution in [0.1, 0.15) is 25.0 Å². The SMILES string of the molecule is CCN(CC)Cc1ccccc1CNc1ncnc2ccc(F)cc12. The maximum absolute atomic E-state index is 13.6. The molecule has 2 aromatic carbocycles. The van der Waals surface area contributed by atoms with E-state index in [0.29, 0.717) is 17.7 Å². The van der Waals surface area contributed by atoms with Crippen LogP contribution >= 0.6 is 0 Å². The van der Waals surface area contributed by atoms with E-state index >= 15 is 0 Å². The summed E-state index contributed by atoms with van der Waals surface area (Å²) in [7, 11) is 0. The molecule has 0 amide bonds. The predicted octanol–water partition coefficient (Wildman–Crippen LogP) is 4.22. The number of rotatable bonds is 7. The van der Waals surface area contributed by atoms with Crippen molar-refractivity contribution in [2.75, 3.05) is 18.4 Å². The third-order valence-corrected chi connectivity index (χ3v) is 4.45. The lowest BCUT2D eigenvalue weighted by Crippen LogP contribution is -2.23. The lowest BCUT2D eigenvalue weighted by Gasteiger charge is -2.20. The van der Waals surface area contributed by atoms with Crippen LogP contribution in [0.15, 0.2) is 48.8 Å². The summed E-state index contributed by atoms with van der Waals surface area (Å²) in [6.45, 7) is 7.95. The van der Waals surface area contributed by atoms with Gasteiger partial charge >= 0.3 is 0 Å². The van der Waals surface area contributed by atoms with Crippen LogP contribution in [-0.4, -0.2) is 28.0 Å². The number of hydrogen-bond acceptors (Lipinski definition) is 4. The Labute approximate surface area is 147 Å². The minimum atomic E-state index is -0.285. The number of nitrogens with one attached hydrogen (secondary N) is 1. The third kappa shape index (κ3) is 4.12. The fraction of sp³-hybridized carbons (Fsp3) is 0.300. The smallest absolute Gasteiger partial charge is 0.137 e. The molecule has 3 rings (SSSR count). The van der Waals surface area contributed by atoms with Crippen molar-refractivity contribution >= 4 is 16.7 Å². The molecule has 130 valence electrons. The van der Waals surface area contributed by atoms with Gasteiger partial charge in [0.15, 0.2) is 0 Å². The number of benzene rings is 2. The van der Waals surface area contributed by atoms with Crippen molar-refractivity contribution < 1.29 is 4.39 Å². The Bertz CT molecular complexity index is 846. The highest BCUT2D eigenvalue weighted by Gasteiger charge is 2.08. The maximum atomic E-state index is 13.6. The molecule has 0 bridgehead atoms. The third-order valence-electron chi connectivity index (χ3n) is 4.45. The quantitative estimate of drug-likeness (QED) is 0.700. The largest absolute Gasteiger partial charge is 0.365 e. The van der Waals surface area contributed by atoms with Crippen molar-refractivity contribution in [2.24, 2.45) is 0 Å². The zero-order valence-corrected chi connectivity index (χ0v) is 14.7. The average molecular weight is 338 g/mol. The predicted molar refractivity (Wildman–Crippen MR) is 99.9 cm³/mol. The summed E-state index contributed by atoms with van der Waals surface area (Å²) in [5.74, 6) is 0.370. The monoisotopic (exact) mass is 338 g/mol. The van der Waals surface area contributed by atoms with E-state index < -0.39 is 0 Å². The molecule has 1 aromatic heterocycles. The Balaban J connectivity index is 1.82. The average Bonchev–Trinajstić information content (AvgIpc) is 2.65. The lowest BCUT2D eigenvalue weighted by atomic mass is 10.1. The molecule has 0 aliphatic heterocycles. The zero-order valence-electron chi connectivity index (χ0n) is 14.7. The van der Waals surface area contributed by atoms with Crippen LogP contribution in [0.4, 0.5) is 10.2 Å². The molecule has 1 heterocycles. The standard InChI is InChI=1S/C20H23FN4/c1-3-25(4-2)13-16-8-6-5-7-15(16)12-22-20-18-11-17(21)9-10-19(18)23-14-24-20/h5-11,14H,3-4,12-13H2,1-2H3,(H,22,23,24). The van der Waals surface area contributed by atoms with Gasteiger partial charge in [-0.25, -0.2) is 14.4 Å². The van der Waals surface area contributed by atoms with Gasteiger partial charge in [0.1, 0.15) is 18.0 Å². The van der Waals surface area contributed by atoms with Crippen molar-refractivity contribution in [3.8, 4) is 0 Å². The van der Waals surface area contributed by atoms with Crippen LogP contribution in [-0.2, 0) is 13.1 Å². The molecule has 0 aliphatic carbocycles. The van der Waals surface area contributed by atoms with Gasteiger partial charge in [-0.05, 0) is 42.4 Å². The molecular weight excluding hydrogens is 315 g/mol.